The van der Waals surface area contributed by atoms with Crippen LogP contribution in [0.3, 0.4) is 0 Å². The molecule has 18 heavy (non-hydrogen) atoms. The average Bonchev–Trinajstić information content (AvgIpc) is 2.86. The van der Waals surface area contributed by atoms with Crippen molar-refractivity contribution in [1.82, 2.24) is 4.90 Å². The Morgan fingerprint density at radius 1 is 1.61 bits per heavy atom. The molecule has 1 aromatic carbocycles. The highest BCUT2D eigenvalue weighted by molar-refractivity contribution is 9.10. The molecule has 1 saturated heterocycles. The van der Waals surface area contributed by atoms with Crippen LogP contribution in [0.5, 0.6) is 5.75 Å². The normalized spacial score (nSPS) is 19.1. The maximum atomic E-state index is 12.5. The van der Waals surface area contributed by atoms with Crippen molar-refractivity contribution in [3.05, 3.63) is 28.2 Å². The molecule has 0 N–H and O–H groups in total. The van der Waals surface area contributed by atoms with Crippen LogP contribution in [0.2, 0.25) is 0 Å². The highest BCUT2D eigenvalue weighted by atomic mass is 79.9. The largest absolute Gasteiger partial charge is 0.496 e. The summed E-state index contributed by atoms with van der Waals surface area (Å²) in [6.07, 6.45) is 2.00. The van der Waals surface area contributed by atoms with Crippen LogP contribution in [0.25, 0.3) is 0 Å². The molecule has 1 fully saturated rings. The van der Waals surface area contributed by atoms with Crippen LogP contribution in [0.15, 0.2) is 22.7 Å². The van der Waals surface area contributed by atoms with Crippen molar-refractivity contribution >= 4 is 33.4 Å². The number of rotatable bonds is 3. The van der Waals surface area contributed by atoms with Gasteiger partial charge < -0.3 is 9.64 Å². The van der Waals surface area contributed by atoms with Gasteiger partial charge in [0.25, 0.3) is 5.91 Å². The molecule has 98 valence electrons. The lowest BCUT2D eigenvalue weighted by atomic mass is 10.1. The van der Waals surface area contributed by atoms with Gasteiger partial charge in [-0.25, -0.2) is 0 Å². The fourth-order valence-electron chi connectivity index (χ4n) is 2.26. The molecule has 2 rings (SSSR count). The molecule has 0 bridgehead atoms. The van der Waals surface area contributed by atoms with Crippen molar-refractivity contribution in [3.8, 4) is 5.75 Å². The first-order chi connectivity index (χ1) is 8.67. The second kappa shape index (κ2) is 5.93. The van der Waals surface area contributed by atoms with E-state index in [4.69, 9.17) is 16.3 Å². The van der Waals surface area contributed by atoms with Crippen molar-refractivity contribution in [3.63, 3.8) is 0 Å². The second-order valence-corrected chi connectivity index (χ2v) is 5.52. The van der Waals surface area contributed by atoms with Crippen molar-refractivity contribution in [2.45, 2.75) is 18.9 Å². The number of carbonyl (C=O) groups is 1. The molecule has 1 heterocycles. The first-order valence-corrected chi connectivity index (χ1v) is 7.20. The molecule has 3 nitrogen and oxygen atoms in total. The summed E-state index contributed by atoms with van der Waals surface area (Å²) >= 11 is 9.27. The molecule has 0 aromatic heterocycles. The van der Waals surface area contributed by atoms with E-state index in [1.54, 1.807) is 19.2 Å². The first kappa shape index (κ1) is 13.7. The number of alkyl halides is 1. The third-order valence-corrected chi connectivity index (χ3v) is 4.06. The van der Waals surface area contributed by atoms with E-state index in [0.717, 1.165) is 23.9 Å². The van der Waals surface area contributed by atoms with Gasteiger partial charge in [0.1, 0.15) is 5.75 Å². The zero-order valence-corrected chi connectivity index (χ0v) is 12.5. The summed E-state index contributed by atoms with van der Waals surface area (Å²) in [7, 11) is 1.57. The van der Waals surface area contributed by atoms with Gasteiger partial charge in [-0.1, -0.05) is 15.9 Å². The third kappa shape index (κ3) is 2.64. The lowest BCUT2D eigenvalue weighted by Gasteiger charge is -2.23. The van der Waals surface area contributed by atoms with Crippen molar-refractivity contribution in [1.29, 1.82) is 0 Å². The zero-order chi connectivity index (χ0) is 13.1. The minimum atomic E-state index is 0.00231. The first-order valence-electron chi connectivity index (χ1n) is 5.88. The fourth-order valence-corrected chi connectivity index (χ4v) is 2.92. The summed E-state index contributed by atoms with van der Waals surface area (Å²) < 4.78 is 6.16. The van der Waals surface area contributed by atoms with Crippen molar-refractivity contribution in [2.75, 3.05) is 19.5 Å². The number of hydrogen-bond donors (Lipinski definition) is 0. The monoisotopic (exact) mass is 331 g/mol. The molecule has 0 radical (unpaired) electrons. The molecule has 1 amide bonds. The number of halogens is 2. The lowest BCUT2D eigenvalue weighted by molar-refractivity contribution is 0.0746. The Morgan fingerprint density at radius 3 is 3.06 bits per heavy atom. The van der Waals surface area contributed by atoms with Gasteiger partial charge in [0.15, 0.2) is 0 Å². The number of methoxy groups -OCH3 is 1. The van der Waals surface area contributed by atoms with Crippen LogP contribution in [0, 0.1) is 0 Å². The Balaban J connectivity index is 2.28. The van der Waals surface area contributed by atoms with Crippen LogP contribution in [0.1, 0.15) is 23.2 Å². The third-order valence-electron chi connectivity index (χ3n) is 3.21. The molecule has 1 aliphatic rings. The average molecular weight is 333 g/mol. The van der Waals surface area contributed by atoms with E-state index in [9.17, 15) is 4.79 Å². The zero-order valence-electron chi connectivity index (χ0n) is 10.2. The summed E-state index contributed by atoms with van der Waals surface area (Å²) in [4.78, 5) is 14.3. The van der Waals surface area contributed by atoms with Gasteiger partial charge in [0.05, 0.1) is 12.7 Å². The minimum absolute atomic E-state index is 0.00231. The summed E-state index contributed by atoms with van der Waals surface area (Å²) in [6, 6.07) is 5.59. The number of carbonyl (C=O) groups excluding carboxylic acids is 1. The predicted molar refractivity (Wildman–Crippen MR) is 75.5 cm³/mol. The van der Waals surface area contributed by atoms with E-state index in [1.807, 2.05) is 11.0 Å². The number of amides is 1. The topological polar surface area (TPSA) is 29.5 Å². The Morgan fingerprint density at radius 2 is 2.39 bits per heavy atom. The number of benzene rings is 1. The molecule has 1 atom stereocenters. The number of likely N-dealkylation sites (tertiary alicyclic amines) is 1. The maximum Gasteiger partial charge on any atom is 0.257 e. The van der Waals surface area contributed by atoms with E-state index in [1.165, 1.54) is 0 Å². The van der Waals surface area contributed by atoms with E-state index < -0.39 is 0 Å². The number of ether oxygens (including phenoxy) is 1. The Hall–Kier alpha value is -0.740. The van der Waals surface area contributed by atoms with Crippen LogP contribution < -0.4 is 4.74 Å². The molecule has 0 aliphatic carbocycles. The standard InChI is InChI=1S/C13H15BrClNO2/c1-18-12-7-9(14)4-5-11(12)13(17)16-6-2-3-10(16)8-15/h4-5,7,10H,2-3,6,8H2,1H3. The second-order valence-electron chi connectivity index (χ2n) is 4.29. The molecule has 0 spiro atoms. The van der Waals surface area contributed by atoms with Crippen LogP contribution in [0.4, 0.5) is 0 Å². The van der Waals surface area contributed by atoms with E-state index in [2.05, 4.69) is 15.9 Å². The summed E-state index contributed by atoms with van der Waals surface area (Å²) in [5.41, 5.74) is 0.595. The van der Waals surface area contributed by atoms with Crippen LogP contribution >= 0.6 is 27.5 Å². The Bertz CT molecular complexity index is 453. The summed E-state index contributed by atoms with van der Waals surface area (Å²) in [5, 5.41) is 0. The fraction of sp³-hybridized carbons (Fsp3) is 0.462. The van der Waals surface area contributed by atoms with E-state index >= 15 is 0 Å². The molecule has 5 heteroatoms. The molecular formula is C13H15BrClNO2. The van der Waals surface area contributed by atoms with Gasteiger partial charge in [0.2, 0.25) is 0 Å². The van der Waals surface area contributed by atoms with Gasteiger partial charge in [-0.05, 0) is 31.0 Å². The van der Waals surface area contributed by atoms with Crippen molar-refractivity contribution in [2.24, 2.45) is 0 Å². The highest BCUT2D eigenvalue weighted by Gasteiger charge is 2.30. The van der Waals surface area contributed by atoms with Gasteiger partial charge >= 0.3 is 0 Å². The van der Waals surface area contributed by atoms with E-state index in [-0.39, 0.29) is 11.9 Å². The number of hydrogen-bond acceptors (Lipinski definition) is 2. The quantitative estimate of drug-likeness (QED) is 0.795. The van der Waals surface area contributed by atoms with Gasteiger partial charge in [0, 0.05) is 22.9 Å². The van der Waals surface area contributed by atoms with Gasteiger partial charge in [-0.3, -0.25) is 4.79 Å². The van der Waals surface area contributed by atoms with Crippen molar-refractivity contribution < 1.29 is 9.53 Å². The number of nitrogens with zero attached hydrogens (tertiary/aromatic N) is 1. The SMILES string of the molecule is COc1cc(Br)ccc1C(=O)N1CCCC1CCl. The lowest BCUT2D eigenvalue weighted by Crippen LogP contribution is -2.36. The van der Waals surface area contributed by atoms with E-state index in [0.29, 0.717) is 17.2 Å². The predicted octanol–water partition coefficient (Wildman–Crippen LogP) is 3.30. The minimum Gasteiger partial charge on any atom is -0.496 e. The summed E-state index contributed by atoms with van der Waals surface area (Å²) in [5.74, 6) is 1.09. The molecule has 1 unspecified atom stereocenters. The maximum absolute atomic E-state index is 12.5. The highest BCUT2D eigenvalue weighted by Crippen LogP contribution is 2.28. The Labute approximate surface area is 120 Å². The summed E-state index contributed by atoms with van der Waals surface area (Å²) in [6.45, 7) is 0.773. The van der Waals surface area contributed by atoms with Gasteiger partial charge in [-0.15, -0.1) is 11.6 Å². The molecule has 1 aromatic rings. The molecule has 0 saturated carbocycles. The van der Waals surface area contributed by atoms with Crippen LogP contribution in [-0.4, -0.2) is 36.4 Å². The van der Waals surface area contributed by atoms with Gasteiger partial charge in [-0.2, -0.15) is 0 Å². The Kier molecular flexibility index (Phi) is 4.51. The molecule has 1 aliphatic heterocycles. The molecular weight excluding hydrogens is 318 g/mol. The van der Waals surface area contributed by atoms with Crippen LogP contribution in [-0.2, 0) is 0 Å². The smallest absolute Gasteiger partial charge is 0.257 e.